The molecule has 1 aromatic carbocycles. The SMILES string of the molecule is O=S(=O)(/C=C/c1ccccc1)N1CCC(c2cc(NCc3cccnc3)n3ncc(Br)c3n2)CC1. The molecule has 0 aliphatic carbocycles. The number of fused-ring (bicyclic) bond motifs is 1. The van der Waals surface area contributed by atoms with E-state index in [1.54, 1.807) is 27.3 Å². The summed E-state index contributed by atoms with van der Waals surface area (Å²) < 4.78 is 29.8. The van der Waals surface area contributed by atoms with Crippen LogP contribution in [0.3, 0.4) is 0 Å². The van der Waals surface area contributed by atoms with Crippen LogP contribution in [-0.2, 0) is 16.6 Å². The smallest absolute Gasteiger partial charge is 0.236 e. The number of benzene rings is 1. The molecule has 0 amide bonds. The standard InChI is InChI=1S/C25H25BrN6O2S/c26-22-18-29-32-24(28-17-20-7-4-11-27-16-20)15-23(30-25(22)32)21-8-12-31(13-9-21)35(33,34)14-10-19-5-2-1-3-6-19/h1-7,10-11,14-16,18,21,28H,8-9,12-13,17H2/b14-10+. The van der Waals surface area contributed by atoms with Gasteiger partial charge in [0.15, 0.2) is 5.65 Å². The minimum absolute atomic E-state index is 0.158. The first-order valence-corrected chi connectivity index (χ1v) is 13.7. The van der Waals surface area contributed by atoms with Gasteiger partial charge < -0.3 is 5.32 Å². The lowest BCUT2D eigenvalue weighted by atomic mass is 9.94. The number of sulfonamides is 1. The van der Waals surface area contributed by atoms with Gasteiger partial charge in [-0.3, -0.25) is 4.98 Å². The largest absolute Gasteiger partial charge is 0.366 e. The van der Waals surface area contributed by atoms with Gasteiger partial charge in [0.25, 0.3) is 0 Å². The number of pyridine rings is 1. The van der Waals surface area contributed by atoms with E-state index in [4.69, 9.17) is 4.98 Å². The molecule has 0 radical (unpaired) electrons. The van der Waals surface area contributed by atoms with E-state index < -0.39 is 10.0 Å². The molecule has 0 saturated carbocycles. The van der Waals surface area contributed by atoms with Crippen molar-refractivity contribution >= 4 is 43.5 Å². The number of nitrogens with one attached hydrogen (secondary N) is 1. The molecule has 1 fully saturated rings. The van der Waals surface area contributed by atoms with Crippen molar-refractivity contribution in [3.05, 3.63) is 93.8 Å². The van der Waals surface area contributed by atoms with E-state index >= 15 is 0 Å². The van der Waals surface area contributed by atoms with E-state index in [9.17, 15) is 8.42 Å². The molecule has 180 valence electrons. The van der Waals surface area contributed by atoms with Gasteiger partial charge in [-0.1, -0.05) is 36.4 Å². The van der Waals surface area contributed by atoms with Crippen molar-refractivity contribution in [3.8, 4) is 0 Å². The summed E-state index contributed by atoms with van der Waals surface area (Å²) in [5.41, 5.74) is 3.59. The van der Waals surface area contributed by atoms with Crippen molar-refractivity contribution in [1.29, 1.82) is 0 Å². The summed E-state index contributed by atoms with van der Waals surface area (Å²) in [7, 11) is -3.47. The van der Waals surface area contributed by atoms with Crippen LogP contribution in [0, 0.1) is 0 Å². The predicted molar refractivity (Wildman–Crippen MR) is 140 cm³/mol. The van der Waals surface area contributed by atoms with E-state index in [-0.39, 0.29) is 5.92 Å². The molecule has 4 heterocycles. The predicted octanol–water partition coefficient (Wildman–Crippen LogP) is 4.68. The Hall–Kier alpha value is -3.08. The summed E-state index contributed by atoms with van der Waals surface area (Å²) in [6.07, 6.45) is 8.36. The van der Waals surface area contributed by atoms with E-state index in [1.165, 1.54) is 5.41 Å². The molecule has 4 aromatic rings. The third-order valence-electron chi connectivity index (χ3n) is 6.11. The molecule has 0 spiro atoms. The van der Waals surface area contributed by atoms with E-state index in [2.05, 4.69) is 31.3 Å². The molecule has 1 N–H and O–H groups in total. The highest BCUT2D eigenvalue weighted by Crippen LogP contribution is 2.31. The summed E-state index contributed by atoms with van der Waals surface area (Å²) in [5, 5.41) is 9.19. The summed E-state index contributed by atoms with van der Waals surface area (Å²) in [5.74, 6) is 0.991. The number of anilines is 1. The van der Waals surface area contributed by atoms with E-state index in [0.29, 0.717) is 32.5 Å². The molecular formula is C25H25BrN6O2S. The Labute approximate surface area is 212 Å². The molecule has 0 bridgehead atoms. The van der Waals surface area contributed by atoms with Gasteiger partial charge >= 0.3 is 0 Å². The van der Waals surface area contributed by atoms with Crippen LogP contribution in [0.15, 0.2) is 77.0 Å². The van der Waals surface area contributed by atoms with Crippen LogP contribution in [0.4, 0.5) is 5.82 Å². The van der Waals surface area contributed by atoms with Crippen LogP contribution < -0.4 is 5.32 Å². The second kappa shape index (κ2) is 10.3. The fourth-order valence-corrected chi connectivity index (χ4v) is 5.78. The zero-order chi connectivity index (χ0) is 24.3. The minimum Gasteiger partial charge on any atom is -0.366 e. The Balaban J connectivity index is 1.31. The molecule has 10 heteroatoms. The Kier molecular flexibility index (Phi) is 6.94. The van der Waals surface area contributed by atoms with Gasteiger partial charge in [-0.2, -0.15) is 13.9 Å². The number of rotatable bonds is 7. The van der Waals surface area contributed by atoms with Crippen molar-refractivity contribution in [3.63, 3.8) is 0 Å². The normalized spacial score (nSPS) is 15.7. The molecule has 5 rings (SSSR count). The van der Waals surface area contributed by atoms with Crippen molar-refractivity contribution in [1.82, 2.24) is 23.9 Å². The van der Waals surface area contributed by atoms with Crippen LogP contribution in [0.2, 0.25) is 0 Å². The van der Waals surface area contributed by atoms with Gasteiger partial charge in [-0.15, -0.1) is 0 Å². The Bertz CT molecular complexity index is 1430. The highest BCUT2D eigenvalue weighted by atomic mass is 79.9. The van der Waals surface area contributed by atoms with E-state index in [0.717, 1.165) is 32.8 Å². The quantitative estimate of drug-likeness (QED) is 0.358. The third kappa shape index (κ3) is 5.44. The Morgan fingerprint density at radius 2 is 1.89 bits per heavy atom. The van der Waals surface area contributed by atoms with Crippen LogP contribution in [0.1, 0.15) is 35.6 Å². The van der Waals surface area contributed by atoms with Crippen molar-refractivity contribution in [2.45, 2.75) is 25.3 Å². The average Bonchev–Trinajstić information content (AvgIpc) is 3.28. The lowest BCUT2D eigenvalue weighted by molar-refractivity contribution is 0.320. The van der Waals surface area contributed by atoms with Crippen LogP contribution >= 0.6 is 15.9 Å². The summed E-state index contributed by atoms with van der Waals surface area (Å²) in [6.45, 7) is 1.52. The van der Waals surface area contributed by atoms with Crippen molar-refractivity contribution < 1.29 is 8.42 Å². The third-order valence-corrected chi connectivity index (χ3v) is 8.23. The topological polar surface area (TPSA) is 92.5 Å². The number of hydrogen-bond acceptors (Lipinski definition) is 6. The zero-order valence-corrected chi connectivity index (χ0v) is 21.4. The second-order valence-electron chi connectivity index (χ2n) is 8.44. The van der Waals surface area contributed by atoms with Gasteiger partial charge in [0.2, 0.25) is 10.0 Å². The van der Waals surface area contributed by atoms with Crippen molar-refractivity contribution in [2.24, 2.45) is 0 Å². The molecule has 1 saturated heterocycles. The van der Waals surface area contributed by atoms with Gasteiger partial charge in [0, 0.05) is 55.1 Å². The first kappa shape index (κ1) is 23.7. The molecular weight excluding hydrogens is 528 g/mol. The average molecular weight is 553 g/mol. The number of aromatic nitrogens is 4. The summed E-state index contributed by atoms with van der Waals surface area (Å²) in [6, 6.07) is 15.4. The second-order valence-corrected chi connectivity index (χ2v) is 11.1. The lowest BCUT2D eigenvalue weighted by Gasteiger charge is -2.30. The first-order chi connectivity index (χ1) is 17.0. The Morgan fingerprint density at radius 3 is 2.63 bits per heavy atom. The highest BCUT2D eigenvalue weighted by molar-refractivity contribution is 9.10. The van der Waals surface area contributed by atoms with Gasteiger partial charge in [0.05, 0.1) is 10.7 Å². The molecule has 1 aliphatic rings. The van der Waals surface area contributed by atoms with Gasteiger partial charge in [-0.05, 0) is 52.0 Å². The Morgan fingerprint density at radius 1 is 1.09 bits per heavy atom. The maximum absolute atomic E-state index is 12.9. The lowest BCUT2D eigenvalue weighted by Crippen LogP contribution is -2.36. The fourth-order valence-electron chi connectivity index (χ4n) is 4.21. The highest BCUT2D eigenvalue weighted by Gasteiger charge is 2.28. The number of hydrogen-bond donors (Lipinski definition) is 1. The molecule has 3 aromatic heterocycles. The van der Waals surface area contributed by atoms with Crippen LogP contribution in [0.5, 0.6) is 0 Å². The zero-order valence-electron chi connectivity index (χ0n) is 19.0. The van der Waals surface area contributed by atoms with Crippen LogP contribution in [0.25, 0.3) is 11.7 Å². The molecule has 0 unspecified atom stereocenters. The first-order valence-electron chi connectivity index (χ1n) is 11.4. The molecule has 1 aliphatic heterocycles. The molecule has 8 nitrogen and oxygen atoms in total. The van der Waals surface area contributed by atoms with E-state index in [1.807, 2.05) is 54.7 Å². The van der Waals surface area contributed by atoms with Crippen LogP contribution in [-0.4, -0.2) is 45.4 Å². The molecule has 0 atom stereocenters. The maximum Gasteiger partial charge on any atom is 0.236 e. The van der Waals surface area contributed by atoms with Gasteiger partial charge in [0.1, 0.15) is 5.82 Å². The summed E-state index contributed by atoms with van der Waals surface area (Å²) >= 11 is 3.55. The fraction of sp³-hybridized carbons (Fsp3) is 0.240. The van der Waals surface area contributed by atoms with Crippen molar-refractivity contribution in [2.75, 3.05) is 18.4 Å². The number of piperidine rings is 1. The monoisotopic (exact) mass is 552 g/mol. The van der Waals surface area contributed by atoms with Gasteiger partial charge in [-0.25, -0.2) is 13.4 Å². The number of nitrogens with zero attached hydrogens (tertiary/aromatic N) is 5. The minimum atomic E-state index is -3.47. The number of halogens is 1. The maximum atomic E-state index is 12.9. The summed E-state index contributed by atoms with van der Waals surface area (Å²) in [4.78, 5) is 9.03. The molecule has 35 heavy (non-hydrogen) atoms.